The molecule has 0 radical (unpaired) electrons. The summed E-state index contributed by atoms with van der Waals surface area (Å²) < 4.78 is 16.7. The number of fused-ring (bicyclic) bond motifs is 1. The fourth-order valence-corrected chi connectivity index (χ4v) is 2.51. The molecule has 0 fully saturated rings. The predicted octanol–water partition coefficient (Wildman–Crippen LogP) is 2.50. The van der Waals surface area contributed by atoms with Gasteiger partial charge in [-0.15, -0.1) is 0 Å². The van der Waals surface area contributed by atoms with E-state index < -0.39 is 0 Å². The topological polar surface area (TPSA) is 51.8 Å². The standard InChI is InChI=1S/C18H20N2O3S/c1-21-14-8-6-13(7-9-14)10-19-18(24)20-11-15-12-22-16-4-2-3-5-17(16)23-15/h2-9,15H,10-12H2,1H3,(H2,19,20,24). The molecule has 2 aromatic carbocycles. The van der Waals surface area contributed by atoms with Gasteiger partial charge in [0.25, 0.3) is 0 Å². The lowest BCUT2D eigenvalue weighted by Gasteiger charge is -2.27. The molecule has 2 aromatic rings. The van der Waals surface area contributed by atoms with Crippen LogP contribution in [0.5, 0.6) is 17.2 Å². The van der Waals surface area contributed by atoms with Crippen LogP contribution in [0.25, 0.3) is 0 Å². The molecule has 1 aliphatic heterocycles. The fourth-order valence-electron chi connectivity index (χ4n) is 2.36. The Morgan fingerprint density at radius 2 is 1.88 bits per heavy atom. The van der Waals surface area contributed by atoms with Crippen LogP contribution in [0.15, 0.2) is 48.5 Å². The van der Waals surface area contributed by atoms with Crippen molar-refractivity contribution in [3.05, 3.63) is 54.1 Å². The van der Waals surface area contributed by atoms with Gasteiger partial charge in [-0.25, -0.2) is 0 Å². The summed E-state index contributed by atoms with van der Waals surface area (Å²) in [6.07, 6.45) is -0.0689. The van der Waals surface area contributed by atoms with Crippen molar-refractivity contribution in [2.45, 2.75) is 12.6 Å². The molecule has 0 saturated heterocycles. The SMILES string of the molecule is COc1ccc(CNC(=S)NCC2COc3ccccc3O2)cc1. The van der Waals surface area contributed by atoms with Crippen molar-refractivity contribution < 1.29 is 14.2 Å². The Balaban J connectivity index is 1.41. The molecular weight excluding hydrogens is 324 g/mol. The number of nitrogens with one attached hydrogen (secondary N) is 2. The van der Waals surface area contributed by atoms with Gasteiger partial charge in [-0.3, -0.25) is 0 Å². The molecule has 2 N–H and O–H groups in total. The summed E-state index contributed by atoms with van der Waals surface area (Å²) in [6.45, 7) is 1.74. The normalized spacial score (nSPS) is 15.5. The number of methoxy groups -OCH3 is 1. The van der Waals surface area contributed by atoms with Crippen molar-refractivity contribution in [3.8, 4) is 17.2 Å². The van der Waals surface area contributed by atoms with Crippen molar-refractivity contribution in [3.63, 3.8) is 0 Å². The van der Waals surface area contributed by atoms with E-state index in [4.69, 9.17) is 26.4 Å². The van der Waals surface area contributed by atoms with Gasteiger partial charge in [0.1, 0.15) is 18.5 Å². The third kappa shape index (κ3) is 4.29. The quantitative estimate of drug-likeness (QED) is 0.813. The number of para-hydroxylation sites is 2. The molecule has 3 rings (SSSR count). The fraction of sp³-hybridized carbons (Fsp3) is 0.278. The van der Waals surface area contributed by atoms with Crippen LogP contribution in [-0.2, 0) is 6.54 Å². The highest BCUT2D eigenvalue weighted by Crippen LogP contribution is 2.30. The molecule has 5 nitrogen and oxygen atoms in total. The molecule has 126 valence electrons. The zero-order valence-corrected chi connectivity index (χ0v) is 14.3. The van der Waals surface area contributed by atoms with Crippen LogP contribution in [0.4, 0.5) is 0 Å². The highest BCUT2D eigenvalue weighted by molar-refractivity contribution is 7.80. The van der Waals surface area contributed by atoms with Gasteiger partial charge in [0, 0.05) is 6.54 Å². The average Bonchev–Trinajstić information content (AvgIpc) is 2.65. The Bertz CT molecular complexity index is 691. The van der Waals surface area contributed by atoms with E-state index in [0.717, 1.165) is 22.8 Å². The largest absolute Gasteiger partial charge is 0.497 e. The first-order valence-corrected chi connectivity index (χ1v) is 8.18. The van der Waals surface area contributed by atoms with E-state index in [-0.39, 0.29) is 6.10 Å². The molecule has 1 aliphatic rings. The number of benzene rings is 2. The molecule has 0 spiro atoms. The molecule has 0 aliphatic carbocycles. The summed E-state index contributed by atoms with van der Waals surface area (Å²) in [5.74, 6) is 2.40. The van der Waals surface area contributed by atoms with E-state index in [2.05, 4.69) is 10.6 Å². The molecule has 1 heterocycles. The van der Waals surface area contributed by atoms with Crippen LogP contribution in [0.2, 0.25) is 0 Å². The number of hydrogen-bond donors (Lipinski definition) is 2. The van der Waals surface area contributed by atoms with Crippen LogP contribution >= 0.6 is 12.2 Å². The minimum Gasteiger partial charge on any atom is -0.497 e. The third-order valence-electron chi connectivity index (χ3n) is 3.67. The van der Waals surface area contributed by atoms with E-state index in [0.29, 0.717) is 24.8 Å². The summed E-state index contributed by atoms with van der Waals surface area (Å²) in [5, 5.41) is 6.94. The molecular formula is C18H20N2O3S. The van der Waals surface area contributed by atoms with Gasteiger partial charge in [-0.05, 0) is 42.0 Å². The van der Waals surface area contributed by atoms with Gasteiger partial charge in [-0.2, -0.15) is 0 Å². The maximum atomic E-state index is 5.88. The van der Waals surface area contributed by atoms with Crippen molar-refractivity contribution in [2.75, 3.05) is 20.3 Å². The van der Waals surface area contributed by atoms with E-state index in [1.807, 2.05) is 48.5 Å². The van der Waals surface area contributed by atoms with Crippen LogP contribution in [0.1, 0.15) is 5.56 Å². The van der Waals surface area contributed by atoms with Gasteiger partial charge in [0.15, 0.2) is 16.6 Å². The van der Waals surface area contributed by atoms with Crippen molar-refractivity contribution in [1.82, 2.24) is 10.6 Å². The lowest BCUT2D eigenvalue weighted by molar-refractivity contribution is 0.0937. The van der Waals surface area contributed by atoms with Gasteiger partial charge in [-0.1, -0.05) is 24.3 Å². The highest BCUT2D eigenvalue weighted by atomic mass is 32.1. The van der Waals surface area contributed by atoms with Crippen LogP contribution < -0.4 is 24.8 Å². The smallest absolute Gasteiger partial charge is 0.166 e. The predicted molar refractivity (Wildman–Crippen MR) is 96.8 cm³/mol. The van der Waals surface area contributed by atoms with Gasteiger partial charge in [0.2, 0.25) is 0 Å². The molecule has 0 amide bonds. The summed E-state index contributed by atoms with van der Waals surface area (Å²) in [7, 11) is 1.65. The van der Waals surface area contributed by atoms with Gasteiger partial charge >= 0.3 is 0 Å². The van der Waals surface area contributed by atoms with Crippen molar-refractivity contribution in [2.24, 2.45) is 0 Å². The Labute approximate surface area is 146 Å². The second kappa shape index (κ2) is 7.88. The number of hydrogen-bond acceptors (Lipinski definition) is 4. The number of ether oxygens (including phenoxy) is 3. The van der Waals surface area contributed by atoms with Crippen molar-refractivity contribution >= 4 is 17.3 Å². The lowest BCUT2D eigenvalue weighted by Crippen LogP contribution is -2.44. The van der Waals surface area contributed by atoms with Gasteiger partial charge < -0.3 is 24.8 Å². The molecule has 6 heteroatoms. The minimum absolute atomic E-state index is 0.0689. The Kier molecular flexibility index (Phi) is 5.38. The third-order valence-corrected chi connectivity index (χ3v) is 3.96. The number of rotatable bonds is 5. The maximum Gasteiger partial charge on any atom is 0.166 e. The maximum absolute atomic E-state index is 5.88. The van der Waals surface area contributed by atoms with Gasteiger partial charge in [0.05, 0.1) is 13.7 Å². The van der Waals surface area contributed by atoms with E-state index in [9.17, 15) is 0 Å². The first-order chi connectivity index (χ1) is 11.7. The average molecular weight is 344 g/mol. The molecule has 24 heavy (non-hydrogen) atoms. The summed E-state index contributed by atoms with van der Waals surface area (Å²) >= 11 is 5.30. The van der Waals surface area contributed by atoms with Crippen molar-refractivity contribution in [1.29, 1.82) is 0 Å². The second-order valence-corrected chi connectivity index (χ2v) is 5.82. The van der Waals surface area contributed by atoms with E-state index in [1.165, 1.54) is 0 Å². The molecule has 0 bridgehead atoms. The molecule has 1 atom stereocenters. The summed E-state index contributed by atoms with van der Waals surface area (Å²) in [5.41, 5.74) is 1.13. The lowest BCUT2D eigenvalue weighted by atomic mass is 10.2. The van der Waals surface area contributed by atoms with Crippen LogP contribution in [0, 0.1) is 0 Å². The molecule has 0 saturated carbocycles. The first kappa shape index (κ1) is 16.4. The zero-order valence-electron chi connectivity index (χ0n) is 13.5. The zero-order chi connectivity index (χ0) is 16.8. The second-order valence-electron chi connectivity index (χ2n) is 5.41. The summed E-state index contributed by atoms with van der Waals surface area (Å²) in [4.78, 5) is 0. The molecule has 1 unspecified atom stereocenters. The molecule has 0 aromatic heterocycles. The highest BCUT2D eigenvalue weighted by Gasteiger charge is 2.20. The number of thiocarbonyl (C=S) groups is 1. The van der Waals surface area contributed by atoms with Crippen LogP contribution in [-0.4, -0.2) is 31.5 Å². The van der Waals surface area contributed by atoms with E-state index >= 15 is 0 Å². The van der Waals surface area contributed by atoms with E-state index in [1.54, 1.807) is 7.11 Å². The Morgan fingerprint density at radius 3 is 2.62 bits per heavy atom. The Morgan fingerprint density at radius 1 is 1.12 bits per heavy atom. The monoisotopic (exact) mass is 344 g/mol. The Hall–Kier alpha value is -2.47. The van der Waals surface area contributed by atoms with Crippen LogP contribution in [0.3, 0.4) is 0 Å². The first-order valence-electron chi connectivity index (χ1n) is 7.77. The summed E-state index contributed by atoms with van der Waals surface area (Å²) in [6, 6.07) is 15.5. The minimum atomic E-state index is -0.0689.